The second kappa shape index (κ2) is 5.49. The molecule has 0 unspecified atom stereocenters. The number of anilines is 2. The van der Waals surface area contributed by atoms with E-state index in [9.17, 15) is 4.39 Å². The van der Waals surface area contributed by atoms with Crippen molar-refractivity contribution < 1.29 is 4.39 Å². The van der Waals surface area contributed by atoms with E-state index >= 15 is 0 Å². The average Bonchev–Trinajstić information content (AvgIpc) is 2.46. The zero-order valence-electron chi connectivity index (χ0n) is 12.6. The van der Waals surface area contributed by atoms with Crippen LogP contribution in [0.5, 0.6) is 0 Å². The van der Waals surface area contributed by atoms with Crippen LogP contribution in [0, 0.1) is 12.7 Å². The van der Waals surface area contributed by atoms with E-state index in [0.717, 1.165) is 30.6 Å². The third kappa shape index (κ3) is 2.54. The number of nitrogens with zero attached hydrogens (tertiary/aromatic N) is 1. The number of hydrogen-bond donors (Lipinski definition) is 1. The van der Waals surface area contributed by atoms with Crippen LogP contribution in [0.25, 0.3) is 0 Å². The van der Waals surface area contributed by atoms with Crippen LogP contribution in [0.4, 0.5) is 15.8 Å². The van der Waals surface area contributed by atoms with Gasteiger partial charge in [-0.2, -0.15) is 0 Å². The van der Waals surface area contributed by atoms with Crippen LogP contribution in [0.2, 0.25) is 0 Å². The van der Waals surface area contributed by atoms with Gasteiger partial charge in [-0.1, -0.05) is 29.8 Å². The maximum atomic E-state index is 14.5. The Labute approximate surface area is 125 Å². The number of aryl methyl sites for hydroxylation is 2. The first-order valence-corrected chi connectivity index (χ1v) is 7.49. The average molecular weight is 284 g/mol. The molecule has 21 heavy (non-hydrogen) atoms. The molecule has 0 spiro atoms. The van der Waals surface area contributed by atoms with Gasteiger partial charge in [-0.15, -0.1) is 0 Å². The molecule has 1 aliphatic heterocycles. The summed E-state index contributed by atoms with van der Waals surface area (Å²) in [7, 11) is 0. The van der Waals surface area contributed by atoms with Gasteiger partial charge in [-0.05, 0) is 49.9 Å². The molecule has 0 saturated carbocycles. The summed E-state index contributed by atoms with van der Waals surface area (Å²) in [5.74, 6) is -0.196. The molecular weight excluding hydrogens is 263 g/mol. The maximum absolute atomic E-state index is 14.5. The minimum Gasteiger partial charge on any atom is -0.339 e. The van der Waals surface area contributed by atoms with E-state index in [0.29, 0.717) is 5.69 Å². The number of para-hydroxylation sites is 1. The smallest absolute Gasteiger partial charge is 0.147 e. The third-order valence-corrected chi connectivity index (χ3v) is 4.13. The van der Waals surface area contributed by atoms with Gasteiger partial charge in [-0.25, -0.2) is 4.39 Å². The van der Waals surface area contributed by atoms with Crippen molar-refractivity contribution in [2.45, 2.75) is 32.7 Å². The fraction of sp³-hybridized carbons (Fsp3) is 0.333. The number of benzene rings is 2. The van der Waals surface area contributed by atoms with E-state index in [-0.39, 0.29) is 11.9 Å². The molecule has 3 heteroatoms. The standard InChI is InChI=1S/C18H21FN2/c1-12-8-9-17-14(11-12)5-4-10-21(17)18-15(13(2)20)6-3-7-16(18)19/h3,6-9,11,13H,4-5,10,20H2,1-2H3/t13-/m0/s1. The Kier molecular flexibility index (Phi) is 3.68. The van der Waals surface area contributed by atoms with Crippen molar-refractivity contribution in [1.29, 1.82) is 0 Å². The molecule has 0 saturated heterocycles. The van der Waals surface area contributed by atoms with E-state index in [2.05, 4.69) is 30.0 Å². The number of rotatable bonds is 2. The third-order valence-electron chi connectivity index (χ3n) is 4.13. The molecule has 0 amide bonds. The molecule has 0 aromatic heterocycles. The summed E-state index contributed by atoms with van der Waals surface area (Å²) < 4.78 is 14.5. The molecule has 0 radical (unpaired) electrons. The highest BCUT2D eigenvalue weighted by atomic mass is 19.1. The van der Waals surface area contributed by atoms with Crippen LogP contribution in [0.15, 0.2) is 36.4 Å². The fourth-order valence-corrected chi connectivity index (χ4v) is 3.14. The molecule has 0 bridgehead atoms. The van der Waals surface area contributed by atoms with Crippen molar-refractivity contribution in [2.24, 2.45) is 5.73 Å². The van der Waals surface area contributed by atoms with Gasteiger partial charge in [0.05, 0.1) is 5.69 Å². The van der Waals surface area contributed by atoms with E-state index in [1.54, 1.807) is 6.07 Å². The highest BCUT2D eigenvalue weighted by Gasteiger charge is 2.24. The summed E-state index contributed by atoms with van der Waals surface area (Å²) in [5.41, 5.74) is 11.2. The largest absolute Gasteiger partial charge is 0.339 e. The second-order valence-electron chi connectivity index (χ2n) is 5.85. The molecule has 3 rings (SSSR count). The fourth-order valence-electron chi connectivity index (χ4n) is 3.14. The van der Waals surface area contributed by atoms with E-state index in [1.807, 2.05) is 13.0 Å². The summed E-state index contributed by atoms with van der Waals surface area (Å²) in [6.45, 7) is 4.82. The van der Waals surface area contributed by atoms with Crippen LogP contribution >= 0.6 is 0 Å². The van der Waals surface area contributed by atoms with Crippen molar-refractivity contribution in [3.05, 3.63) is 58.9 Å². The number of halogens is 1. The predicted octanol–water partition coefficient (Wildman–Crippen LogP) is 4.24. The van der Waals surface area contributed by atoms with E-state index in [1.165, 1.54) is 17.2 Å². The Balaban J connectivity index is 2.15. The predicted molar refractivity (Wildman–Crippen MR) is 85.5 cm³/mol. The summed E-state index contributed by atoms with van der Waals surface area (Å²) in [6.07, 6.45) is 2.08. The van der Waals surface area contributed by atoms with Gasteiger partial charge >= 0.3 is 0 Å². The van der Waals surface area contributed by atoms with Gasteiger partial charge in [0, 0.05) is 18.3 Å². The van der Waals surface area contributed by atoms with E-state index < -0.39 is 0 Å². The van der Waals surface area contributed by atoms with Gasteiger partial charge in [-0.3, -0.25) is 0 Å². The Morgan fingerprint density at radius 2 is 2.05 bits per heavy atom. The van der Waals surface area contributed by atoms with Crippen molar-refractivity contribution in [1.82, 2.24) is 0 Å². The minimum absolute atomic E-state index is 0.188. The van der Waals surface area contributed by atoms with Gasteiger partial charge in [0.15, 0.2) is 0 Å². The molecule has 0 fully saturated rings. The molecule has 2 aromatic rings. The zero-order valence-corrected chi connectivity index (χ0v) is 12.6. The Hall–Kier alpha value is -1.87. The van der Waals surface area contributed by atoms with Crippen LogP contribution in [0.3, 0.4) is 0 Å². The van der Waals surface area contributed by atoms with Crippen LogP contribution in [0.1, 0.15) is 36.1 Å². The second-order valence-corrected chi connectivity index (χ2v) is 5.85. The minimum atomic E-state index is -0.196. The topological polar surface area (TPSA) is 29.3 Å². The monoisotopic (exact) mass is 284 g/mol. The summed E-state index contributed by atoms with van der Waals surface area (Å²) in [4.78, 5) is 2.09. The first-order chi connectivity index (χ1) is 10.1. The summed E-state index contributed by atoms with van der Waals surface area (Å²) in [5, 5.41) is 0. The van der Waals surface area contributed by atoms with Crippen molar-refractivity contribution in [2.75, 3.05) is 11.4 Å². The van der Waals surface area contributed by atoms with Crippen molar-refractivity contribution >= 4 is 11.4 Å². The van der Waals surface area contributed by atoms with Crippen molar-refractivity contribution in [3.8, 4) is 0 Å². The lowest BCUT2D eigenvalue weighted by Crippen LogP contribution is -2.27. The van der Waals surface area contributed by atoms with Gasteiger partial charge in [0.2, 0.25) is 0 Å². The number of nitrogens with two attached hydrogens (primary N) is 1. The molecule has 1 atom stereocenters. The van der Waals surface area contributed by atoms with Crippen LogP contribution < -0.4 is 10.6 Å². The molecular formula is C18H21FN2. The normalized spacial score (nSPS) is 15.7. The zero-order chi connectivity index (χ0) is 15.0. The number of fused-ring (bicyclic) bond motifs is 1. The molecule has 0 aliphatic carbocycles. The highest BCUT2D eigenvalue weighted by molar-refractivity contribution is 5.71. The van der Waals surface area contributed by atoms with Gasteiger partial charge in [0.1, 0.15) is 5.82 Å². The lowest BCUT2D eigenvalue weighted by molar-refractivity contribution is 0.614. The van der Waals surface area contributed by atoms with E-state index in [4.69, 9.17) is 5.73 Å². The highest BCUT2D eigenvalue weighted by Crippen LogP contribution is 2.38. The van der Waals surface area contributed by atoms with Gasteiger partial charge < -0.3 is 10.6 Å². The Morgan fingerprint density at radius 3 is 2.81 bits per heavy atom. The van der Waals surface area contributed by atoms with Gasteiger partial charge in [0.25, 0.3) is 0 Å². The maximum Gasteiger partial charge on any atom is 0.147 e. The number of hydrogen-bond acceptors (Lipinski definition) is 2. The molecule has 2 nitrogen and oxygen atoms in total. The molecule has 1 aliphatic rings. The lowest BCUT2D eigenvalue weighted by atomic mass is 9.97. The first-order valence-electron chi connectivity index (χ1n) is 7.49. The van der Waals surface area contributed by atoms with Crippen LogP contribution in [-0.4, -0.2) is 6.54 Å². The quantitative estimate of drug-likeness (QED) is 0.893. The van der Waals surface area contributed by atoms with Crippen LogP contribution in [-0.2, 0) is 6.42 Å². The molecule has 1 heterocycles. The Bertz CT molecular complexity index is 664. The summed E-state index contributed by atoms with van der Waals surface area (Å²) >= 11 is 0. The van der Waals surface area contributed by atoms with Crippen molar-refractivity contribution in [3.63, 3.8) is 0 Å². The Morgan fingerprint density at radius 1 is 1.24 bits per heavy atom. The molecule has 2 aromatic carbocycles. The molecule has 2 N–H and O–H groups in total. The molecule has 110 valence electrons. The SMILES string of the molecule is Cc1ccc2c(c1)CCCN2c1c(F)cccc1[C@H](C)N. The lowest BCUT2D eigenvalue weighted by Gasteiger charge is -2.34. The summed E-state index contributed by atoms with van der Waals surface area (Å²) in [6, 6.07) is 11.4. The first kappa shape index (κ1) is 14.1.